The molecule has 4 heteroatoms. The van der Waals surface area contributed by atoms with Gasteiger partial charge in [0.25, 0.3) is 0 Å². The molecule has 1 aliphatic rings. The number of nitrogens with one attached hydrogen (secondary N) is 3. The van der Waals surface area contributed by atoms with Gasteiger partial charge in [-0.3, -0.25) is 4.98 Å². The molecule has 0 amide bonds. The second-order valence-electron chi connectivity index (χ2n) is 2.97. The van der Waals surface area contributed by atoms with Crippen molar-refractivity contribution in [3.8, 4) is 0 Å². The monoisotopic (exact) mass is 172 g/mol. The molecule has 3 rings (SSSR count). The van der Waals surface area contributed by atoms with Crippen LogP contribution in [0.4, 0.5) is 11.4 Å². The molecular weight excluding hydrogens is 164 g/mol. The predicted octanol–water partition coefficient (Wildman–Crippen LogP) is 1.49. The Morgan fingerprint density at radius 1 is 1.08 bits per heavy atom. The first-order valence-corrected chi connectivity index (χ1v) is 4.09. The van der Waals surface area contributed by atoms with Gasteiger partial charge in [0.2, 0.25) is 0 Å². The number of benzene rings is 1. The minimum atomic E-state index is 0.999. The van der Waals surface area contributed by atoms with Crippen LogP contribution in [0.25, 0.3) is 10.9 Å². The van der Waals surface area contributed by atoms with Gasteiger partial charge < -0.3 is 10.9 Å². The van der Waals surface area contributed by atoms with E-state index in [9.17, 15) is 0 Å². The summed E-state index contributed by atoms with van der Waals surface area (Å²) >= 11 is 0. The summed E-state index contributed by atoms with van der Waals surface area (Å²) in [5, 5.41) is 1.14. The van der Waals surface area contributed by atoms with Crippen LogP contribution in [0.1, 0.15) is 0 Å². The summed E-state index contributed by atoms with van der Waals surface area (Å²) in [4.78, 5) is 4.26. The molecule has 4 nitrogen and oxygen atoms in total. The first-order chi connectivity index (χ1) is 6.43. The molecule has 0 unspecified atom stereocenters. The average molecular weight is 172 g/mol. The molecule has 1 aromatic carbocycles. The molecule has 1 aliphatic heterocycles. The van der Waals surface area contributed by atoms with Crippen LogP contribution in [0.5, 0.6) is 0 Å². The summed E-state index contributed by atoms with van der Waals surface area (Å²) in [6, 6.07) is 8.05. The van der Waals surface area contributed by atoms with E-state index in [1.807, 2.05) is 18.2 Å². The van der Waals surface area contributed by atoms with Crippen LogP contribution in [-0.4, -0.2) is 4.98 Å². The number of hydrogen-bond donors (Lipinski definition) is 3. The lowest BCUT2D eigenvalue weighted by Crippen LogP contribution is -2.19. The van der Waals surface area contributed by atoms with Gasteiger partial charge in [-0.05, 0) is 18.2 Å². The highest BCUT2D eigenvalue weighted by molar-refractivity contribution is 5.90. The van der Waals surface area contributed by atoms with Crippen molar-refractivity contribution in [2.75, 3.05) is 10.9 Å². The fourth-order valence-corrected chi connectivity index (χ4v) is 1.49. The van der Waals surface area contributed by atoms with Crippen LogP contribution in [0, 0.1) is 0 Å². The van der Waals surface area contributed by atoms with Crippen LogP contribution in [0.2, 0.25) is 0 Å². The zero-order valence-corrected chi connectivity index (χ0v) is 6.83. The second kappa shape index (κ2) is 2.34. The summed E-state index contributed by atoms with van der Waals surface area (Å²) < 4.78 is 0. The molecule has 64 valence electrons. The Kier molecular flexibility index (Phi) is 1.20. The second-order valence-corrected chi connectivity index (χ2v) is 2.97. The Bertz CT molecular complexity index is 424. The van der Waals surface area contributed by atoms with E-state index in [-0.39, 0.29) is 0 Å². The molecule has 2 aromatic rings. The molecule has 0 radical (unpaired) electrons. The summed E-state index contributed by atoms with van der Waals surface area (Å²) in [5.41, 5.74) is 11.9. The average Bonchev–Trinajstić information content (AvgIpc) is 2.61. The number of hydrazine groups is 2. The maximum absolute atomic E-state index is 4.26. The van der Waals surface area contributed by atoms with E-state index >= 15 is 0 Å². The van der Waals surface area contributed by atoms with Crippen molar-refractivity contribution in [3.05, 3.63) is 30.5 Å². The Morgan fingerprint density at radius 3 is 2.85 bits per heavy atom. The third kappa shape index (κ3) is 0.925. The van der Waals surface area contributed by atoms with Gasteiger partial charge in [0.15, 0.2) is 0 Å². The largest absolute Gasteiger partial charge is 0.302 e. The van der Waals surface area contributed by atoms with E-state index in [4.69, 9.17) is 0 Å². The summed E-state index contributed by atoms with van der Waals surface area (Å²) in [6.45, 7) is 0. The van der Waals surface area contributed by atoms with Gasteiger partial charge in [0.1, 0.15) is 0 Å². The van der Waals surface area contributed by atoms with E-state index in [1.54, 1.807) is 6.20 Å². The maximum Gasteiger partial charge on any atom is 0.0772 e. The van der Waals surface area contributed by atoms with Gasteiger partial charge in [-0.2, -0.15) is 0 Å². The Morgan fingerprint density at radius 2 is 1.92 bits per heavy atom. The number of anilines is 2. The molecule has 0 saturated carbocycles. The van der Waals surface area contributed by atoms with E-state index in [0.717, 1.165) is 22.3 Å². The molecule has 13 heavy (non-hydrogen) atoms. The first-order valence-electron chi connectivity index (χ1n) is 4.09. The third-order valence-electron chi connectivity index (χ3n) is 2.14. The van der Waals surface area contributed by atoms with Gasteiger partial charge >= 0.3 is 0 Å². The minimum Gasteiger partial charge on any atom is -0.302 e. The summed E-state index contributed by atoms with van der Waals surface area (Å²) in [6.07, 6.45) is 1.80. The van der Waals surface area contributed by atoms with E-state index in [1.165, 1.54) is 0 Å². The maximum atomic E-state index is 4.26. The van der Waals surface area contributed by atoms with Crippen LogP contribution in [0.15, 0.2) is 30.5 Å². The van der Waals surface area contributed by atoms with Crippen LogP contribution >= 0.6 is 0 Å². The number of fused-ring (bicyclic) bond motifs is 2. The zero-order chi connectivity index (χ0) is 8.67. The van der Waals surface area contributed by atoms with Gasteiger partial charge in [-0.15, -0.1) is 5.53 Å². The standard InChI is InChI=1S/C9H8N4/c1-2-6-4-8-9(12-13-11-8)5-7(6)10-3-1/h1-5,11-13H. The van der Waals surface area contributed by atoms with Crippen molar-refractivity contribution < 1.29 is 0 Å². The first kappa shape index (κ1) is 6.68. The lowest BCUT2D eigenvalue weighted by Gasteiger charge is -1.99. The highest BCUT2D eigenvalue weighted by Gasteiger charge is 2.09. The quantitative estimate of drug-likeness (QED) is 0.563. The normalized spacial score (nSPS) is 13.5. The van der Waals surface area contributed by atoms with Gasteiger partial charge in [-0.25, -0.2) is 0 Å². The van der Waals surface area contributed by atoms with Crippen molar-refractivity contribution >= 4 is 22.3 Å². The predicted molar refractivity (Wildman–Crippen MR) is 52.1 cm³/mol. The van der Waals surface area contributed by atoms with Gasteiger partial charge in [-0.1, -0.05) is 6.07 Å². The molecule has 0 bridgehead atoms. The number of hydrogen-bond acceptors (Lipinski definition) is 4. The number of rotatable bonds is 0. The topological polar surface area (TPSA) is 49.0 Å². The molecule has 1 aromatic heterocycles. The summed E-state index contributed by atoms with van der Waals surface area (Å²) in [7, 11) is 0. The van der Waals surface area contributed by atoms with Crippen LogP contribution in [0.3, 0.4) is 0 Å². The zero-order valence-electron chi connectivity index (χ0n) is 6.83. The van der Waals surface area contributed by atoms with Crippen molar-refractivity contribution in [3.63, 3.8) is 0 Å². The SMILES string of the molecule is c1cnc2cc3c(cc2c1)NNN3. The summed E-state index contributed by atoms with van der Waals surface area (Å²) in [5.74, 6) is 0. The molecule has 0 fully saturated rings. The fourth-order valence-electron chi connectivity index (χ4n) is 1.49. The molecule has 2 heterocycles. The Hall–Kier alpha value is -1.81. The molecule has 0 atom stereocenters. The van der Waals surface area contributed by atoms with Crippen molar-refractivity contribution in [1.82, 2.24) is 10.5 Å². The molecule has 3 N–H and O–H groups in total. The molecule has 0 saturated heterocycles. The van der Waals surface area contributed by atoms with Crippen LogP contribution < -0.4 is 16.4 Å². The minimum absolute atomic E-state index is 0.999. The number of nitrogens with zero attached hydrogens (tertiary/aromatic N) is 1. The van der Waals surface area contributed by atoms with Crippen LogP contribution in [-0.2, 0) is 0 Å². The number of pyridine rings is 1. The Balaban J connectivity index is 2.36. The lowest BCUT2D eigenvalue weighted by molar-refractivity contribution is 1.01. The van der Waals surface area contributed by atoms with E-state index in [0.29, 0.717) is 0 Å². The molecule has 0 spiro atoms. The lowest BCUT2D eigenvalue weighted by atomic mass is 10.2. The smallest absolute Gasteiger partial charge is 0.0772 e. The third-order valence-corrected chi connectivity index (χ3v) is 2.14. The fraction of sp³-hybridized carbons (Fsp3) is 0. The van der Waals surface area contributed by atoms with E-state index < -0.39 is 0 Å². The van der Waals surface area contributed by atoms with Gasteiger partial charge in [0.05, 0.1) is 16.9 Å². The van der Waals surface area contributed by atoms with Crippen molar-refractivity contribution in [1.29, 1.82) is 0 Å². The van der Waals surface area contributed by atoms with Gasteiger partial charge in [0, 0.05) is 11.6 Å². The van der Waals surface area contributed by atoms with Crippen molar-refractivity contribution in [2.45, 2.75) is 0 Å². The number of aromatic nitrogens is 1. The molecular formula is C9H8N4. The Labute approximate surface area is 74.9 Å². The van der Waals surface area contributed by atoms with E-state index in [2.05, 4.69) is 27.4 Å². The molecule has 0 aliphatic carbocycles. The van der Waals surface area contributed by atoms with Crippen molar-refractivity contribution in [2.24, 2.45) is 0 Å². The highest BCUT2D eigenvalue weighted by Crippen LogP contribution is 2.28. The highest BCUT2D eigenvalue weighted by atomic mass is 15.6.